The first-order chi connectivity index (χ1) is 11.6. The number of amides is 1. The SMILES string of the molecule is CN(C(=O)c1ccnc(Nc2ccc(Cl)cc2)n1)c1ccccc1. The summed E-state index contributed by atoms with van der Waals surface area (Å²) in [4.78, 5) is 22.6. The maximum atomic E-state index is 12.6. The molecule has 1 heterocycles. The molecular formula is C18H15ClN4O. The summed E-state index contributed by atoms with van der Waals surface area (Å²) in [7, 11) is 1.71. The number of anilines is 3. The van der Waals surface area contributed by atoms with Gasteiger partial charge in [0.15, 0.2) is 0 Å². The number of carbonyl (C=O) groups excluding carboxylic acids is 1. The Hall–Kier alpha value is -2.92. The largest absolute Gasteiger partial charge is 0.324 e. The number of hydrogen-bond acceptors (Lipinski definition) is 4. The average Bonchev–Trinajstić information content (AvgIpc) is 2.63. The Morgan fingerprint density at radius 2 is 1.75 bits per heavy atom. The van der Waals surface area contributed by atoms with Crippen LogP contribution in [0.3, 0.4) is 0 Å². The minimum atomic E-state index is -0.206. The molecule has 0 unspecified atom stereocenters. The molecule has 0 atom stereocenters. The molecule has 0 saturated heterocycles. The highest BCUT2D eigenvalue weighted by Gasteiger charge is 2.15. The number of nitrogens with one attached hydrogen (secondary N) is 1. The van der Waals surface area contributed by atoms with E-state index in [1.807, 2.05) is 42.5 Å². The third-order valence-electron chi connectivity index (χ3n) is 3.42. The molecule has 6 heteroatoms. The van der Waals surface area contributed by atoms with Gasteiger partial charge in [0.2, 0.25) is 5.95 Å². The zero-order valence-electron chi connectivity index (χ0n) is 13.0. The summed E-state index contributed by atoms with van der Waals surface area (Å²) in [5, 5.41) is 3.70. The highest BCUT2D eigenvalue weighted by atomic mass is 35.5. The molecule has 1 aromatic heterocycles. The Morgan fingerprint density at radius 3 is 2.46 bits per heavy atom. The predicted octanol–water partition coefficient (Wildman–Crippen LogP) is 4.15. The first-order valence-corrected chi connectivity index (χ1v) is 7.70. The van der Waals surface area contributed by atoms with Gasteiger partial charge in [0.25, 0.3) is 5.91 Å². The summed E-state index contributed by atoms with van der Waals surface area (Å²) >= 11 is 5.87. The Kier molecular flexibility index (Phi) is 4.72. The molecule has 3 rings (SSSR count). The van der Waals surface area contributed by atoms with Gasteiger partial charge in [-0.05, 0) is 42.5 Å². The van der Waals surface area contributed by atoms with Gasteiger partial charge in [0.05, 0.1) is 0 Å². The smallest absolute Gasteiger partial charge is 0.276 e. The summed E-state index contributed by atoms with van der Waals surface area (Å²) in [5.74, 6) is 0.146. The quantitative estimate of drug-likeness (QED) is 0.776. The lowest BCUT2D eigenvalue weighted by molar-refractivity contribution is 0.0988. The van der Waals surface area contributed by atoms with Crippen LogP contribution in [-0.2, 0) is 0 Å². The van der Waals surface area contributed by atoms with Crippen molar-refractivity contribution in [2.45, 2.75) is 0 Å². The van der Waals surface area contributed by atoms with Crippen LogP contribution in [0.1, 0.15) is 10.5 Å². The molecule has 0 aliphatic rings. The van der Waals surface area contributed by atoms with E-state index in [4.69, 9.17) is 11.6 Å². The lowest BCUT2D eigenvalue weighted by Crippen LogP contribution is -2.27. The van der Waals surface area contributed by atoms with Gasteiger partial charge < -0.3 is 10.2 Å². The molecule has 0 saturated carbocycles. The Balaban J connectivity index is 1.79. The second-order valence-corrected chi connectivity index (χ2v) is 5.53. The minimum Gasteiger partial charge on any atom is -0.324 e. The second-order valence-electron chi connectivity index (χ2n) is 5.10. The predicted molar refractivity (Wildman–Crippen MR) is 95.9 cm³/mol. The molecule has 0 radical (unpaired) electrons. The fraction of sp³-hybridized carbons (Fsp3) is 0.0556. The molecule has 1 amide bonds. The molecule has 5 nitrogen and oxygen atoms in total. The number of aromatic nitrogens is 2. The van der Waals surface area contributed by atoms with Crippen molar-refractivity contribution in [2.24, 2.45) is 0 Å². The fourth-order valence-electron chi connectivity index (χ4n) is 2.14. The third kappa shape index (κ3) is 3.70. The molecule has 0 bridgehead atoms. The third-order valence-corrected chi connectivity index (χ3v) is 3.68. The summed E-state index contributed by atoms with van der Waals surface area (Å²) in [5.41, 5.74) is 1.90. The van der Waals surface area contributed by atoms with E-state index in [0.29, 0.717) is 16.7 Å². The van der Waals surface area contributed by atoms with Crippen LogP contribution >= 0.6 is 11.6 Å². The van der Waals surface area contributed by atoms with E-state index in [1.54, 1.807) is 36.3 Å². The van der Waals surface area contributed by atoms with Gasteiger partial charge in [-0.25, -0.2) is 9.97 Å². The number of halogens is 1. The van der Waals surface area contributed by atoms with E-state index < -0.39 is 0 Å². The zero-order chi connectivity index (χ0) is 16.9. The van der Waals surface area contributed by atoms with Crippen LogP contribution in [0.2, 0.25) is 5.02 Å². The summed E-state index contributed by atoms with van der Waals surface area (Å²) < 4.78 is 0. The topological polar surface area (TPSA) is 58.1 Å². The van der Waals surface area contributed by atoms with Gasteiger partial charge in [0.1, 0.15) is 5.69 Å². The number of rotatable bonds is 4. The number of para-hydroxylation sites is 1. The maximum Gasteiger partial charge on any atom is 0.276 e. The van der Waals surface area contributed by atoms with Crippen LogP contribution in [0.25, 0.3) is 0 Å². The lowest BCUT2D eigenvalue weighted by Gasteiger charge is -2.17. The van der Waals surface area contributed by atoms with Crippen LogP contribution in [0.4, 0.5) is 17.3 Å². The van der Waals surface area contributed by atoms with Gasteiger partial charge in [0, 0.05) is 29.6 Å². The fourth-order valence-corrected chi connectivity index (χ4v) is 2.27. The van der Waals surface area contributed by atoms with Gasteiger partial charge >= 0.3 is 0 Å². The van der Waals surface area contributed by atoms with Gasteiger partial charge in [-0.2, -0.15) is 0 Å². The average molecular weight is 339 g/mol. The van der Waals surface area contributed by atoms with Crippen molar-refractivity contribution in [3.05, 3.63) is 77.6 Å². The highest BCUT2D eigenvalue weighted by molar-refractivity contribution is 6.30. The molecule has 0 spiro atoms. The molecular weight excluding hydrogens is 324 g/mol. The first-order valence-electron chi connectivity index (χ1n) is 7.32. The van der Waals surface area contributed by atoms with Crippen LogP contribution in [-0.4, -0.2) is 22.9 Å². The second kappa shape index (κ2) is 7.10. The van der Waals surface area contributed by atoms with Gasteiger partial charge in [-0.15, -0.1) is 0 Å². The number of carbonyl (C=O) groups is 1. The Morgan fingerprint density at radius 1 is 1.04 bits per heavy atom. The normalized spacial score (nSPS) is 10.2. The van der Waals surface area contributed by atoms with Crippen molar-refractivity contribution < 1.29 is 4.79 Å². The molecule has 0 aliphatic carbocycles. The van der Waals surface area contributed by atoms with Crippen LogP contribution < -0.4 is 10.2 Å². The molecule has 1 N–H and O–H groups in total. The Labute approximate surface area is 144 Å². The number of nitrogens with zero attached hydrogens (tertiary/aromatic N) is 3. The van der Waals surface area contributed by atoms with E-state index in [1.165, 1.54) is 0 Å². The highest BCUT2D eigenvalue weighted by Crippen LogP contribution is 2.18. The van der Waals surface area contributed by atoms with Crippen LogP contribution in [0, 0.1) is 0 Å². The number of benzene rings is 2. The number of hydrogen-bond donors (Lipinski definition) is 1. The van der Waals surface area contributed by atoms with E-state index in [0.717, 1.165) is 11.4 Å². The standard InChI is InChI=1S/C18H15ClN4O/c1-23(15-5-3-2-4-6-15)17(24)16-11-12-20-18(22-16)21-14-9-7-13(19)8-10-14/h2-12H,1H3,(H,20,21,22). The monoisotopic (exact) mass is 338 g/mol. The van der Waals surface area contributed by atoms with E-state index in [-0.39, 0.29) is 5.91 Å². The molecule has 3 aromatic rings. The minimum absolute atomic E-state index is 0.206. The van der Waals surface area contributed by atoms with Crippen molar-refractivity contribution in [2.75, 3.05) is 17.3 Å². The summed E-state index contributed by atoms with van der Waals surface area (Å²) in [6.45, 7) is 0. The van der Waals surface area contributed by atoms with Crippen molar-refractivity contribution in [1.29, 1.82) is 0 Å². The van der Waals surface area contributed by atoms with Crippen molar-refractivity contribution in [3.63, 3.8) is 0 Å². The van der Waals surface area contributed by atoms with E-state index in [2.05, 4.69) is 15.3 Å². The summed E-state index contributed by atoms with van der Waals surface area (Å²) in [6, 6.07) is 18.2. The zero-order valence-corrected chi connectivity index (χ0v) is 13.7. The maximum absolute atomic E-state index is 12.6. The summed E-state index contributed by atoms with van der Waals surface area (Å²) in [6.07, 6.45) is 1.55. The van der Waals surface area contributed by atoms with E-state index >= 15 is 0 Å². The molecule has 24 heavy (non-hydrogen) atoms. The van der Waals surface area contributed by atoms with Crippen molar-refractivity contribution in [3.8, 4) is 0 Å². The Bertz CT molecular complexity index is 837. The van der Waals surface area contributed by atoms with Gasteiger partial charge in [-0.3, -0.25) is 4.79 Å². The molecule has 2 aromatic carbocycles. The molecule has 120 valence electrons. The van der Waals surface area contributed by atoms with Crippen molar-refractivity contribution >= 4 is 34.8 Å². The first kappa shape index (κ1) is 16.0. The molecule has 0 fully saturated rings. The molecule has 0 aliphatic heterocycles. The van der Waals surface area contributed by atoms with Crippen molar-refractivity contribution in [1.82, 2.24) is 9.97 Å². The van der Waals surface area contributed by atoms with Crippen LogP contribution in [0.15, 0.2) is 66.9 Å². The lowest BCUT2D eigenvalue weighted by atomic mass is 10.2. The van der Waals surface area contributed by atoms with Crippen LogP contribution in [0.5, 0.6) is 0 Å². The van der Waals surface area contributed by atoms with E-state index in [9.17, 15) is 4.79 Å². The van der Waals surface area contributed by atoms with Gasteiger partial charge in [-0.1, -0.05) is 29.8 Å².